The van der Waals surface area contributed by atoms with Crippen LogP contribution in [0.4, 0.5) is 0 Å². The maximum absolute atomic E-state index is 5.47. The fourth-order valence-corrected chi connectivity index (χ4v) is 4.59. The molecule has 1 N–H and O–H groups in total. The Bertz CT molecular complexity index is 432. The van der Waals surface area contributed by atoms with E-state index >= 15 is 0 Å². The van der Waals surface area contributed by atoms with E-state index < -0.39 is 0 Å². The first-order valence-electron chi connectivity index (χ1n) is 10.8. The van der Waals surface area contributed by atoms with Gasteiger partial charge in [-0.05, 0) is 39.2 Å². The van der Waals surface area contributed by atoms with Crippen LogP contribution in [0.2, 0.25) is 0 Å². The molecular formula is C20H39N5O. The van der Waals surface area contributed by atoms with Crippen molar-refractivity contribution in [1.82, 2.24) is 20.0 Å². The molecule has 3 aliphatic rings. The van der Waals surface area contributed by atoms with E-state index in [0.717, 1.165) is 76.9 Å². The fourth-order valence-electron chi connectivity index (χ4n) is 4.59. The summed E-state index contributed by atoms with van der Waals surface area (Å²) in [5.41, 5.74) is 0. The van der Waals surface area contributed by atoms with E-state index in [1.165, 1.54) is 38.6 Å². The Labute approximate surface area is 159 Å². The summed E-state index contributed by atoms with van der Waals surface area (Å²) >= 11 is 0. The highest BCUT2D eigenvalue weighted by Crippen LogP contribution is 2.22. The first kappa shape index (κ1) is 19.9. The van der Waals surface area contributed by atoms with Crippen LogP contribution in [-0.4, -0.2) is 99.3 Å². The number of hydrogen-bond acceptors (Lipinski definition) is 4. The van der Waals surface area contributed by atoms with Gasteiger partial charge in [0.1, 0.15) is 0 Å². The number of aliphatic imine (C=N–C) groups is 1. The van der Waals surface area contributed by atoms with Gasteiger partial charge in [-0.3, -0.25) is 9.89 Å². The van der Waals surface area contributed by atoms with Crippen molar-refractivity contribution in [2.75, 3.05) is 72.6 Å². The Hall–Kier alpha value is -0.850. The molecule has 3 fully saturated rings. The minimum Gasteiger partial charge on any atom is -0.379 e. The van der Waals surface area contributed by atoms with Crippen molar-refractivity contribution in [3.05, 3.63) is 0 Å². The Morgan fingerprint density at radius 2 is 1.92 bits per heavy atom. The normalized spacial score (nSPS) is 26.2. The molecule has 2 heterocycles. The molecule has 2 saturated heterocycles. The Morgan fingerprint density at radius 1 is 1.15 bits per heavy atom. The summed E-state index contributed by atoms with van der Waals surface area (Å²) in [4.78, 5) is 12.5. The molecule has 0 aromatic rings. The summed E-state index contributed by atoms with van der Waals surface area (Å²) in [7, 11) is 2.27. The van der Waals surface area contributed by atoms with E-state index in [1.807, 2.05) is 0 Å². The number of ether oxygens (including phenoxy) is 1. The average Bonchev–Trinajstić information content (AvgIpc) is 3.34. The van der Waals surface area contributed by atoms with E-state index in [4.69, 9.17) is 9.73 Å². The summed E-state index contributed by atoms with van der Waals surface area (Å²) in [6.45, 7) is 12.6. The fraction of sp³-hybridized carbons (Fsp3) is 0.950. The third-order valence-electron chi connectivity index (χ3n) is 6.20. The number of likely N-dealkylation sites (tertiary alicyclic amines) is 1. The number of morpholine rings is 1. The van der Waals surface area contributed by atoms with Crippen LogP contribution in [0.15, 0.2) is 4.99 Å². The van der Waals surface area contributed by atoms with E-state index in [9.17, 15) is 0 Å². The van der Waals surface area contributed by atoms with Gasteiger partial charge in [0.2, 0.25) is 0 Å². The maximum atomic E-state index is 5.47. The highest BCUT2D eigenvalue weighted by molar-refractivity contribution is 5.80. The van der Waals surface area contributed by atoms with Gasteiger partial charge in [0.05, 0.1) is 19.8 Å². The van der Waals surface area contributed by atoms with E-state index in [-0.39, 0.29) is 0 Å². The lowest BCUT2D eigenvalue weighted by molar-refractivity contribution is 0.0315. The van der Waals surface area contributed by atoms with Gasteiger partial charge < -0.3 is 19.9 Å². The van der Waals surface area contributed by atoms with Gasteiger partial charge in [-0.1, -0.05) is 12.8 Å². The summed E-state index contributed by atoms with van der Waals surface area (Å²) in [5, 5.41) is 3.52. The quantitative estimate of drug-likeness (QED) is 0.547. The standard InChI is InChI=1S/C20H39N5O/c1-3-21-20(22-9-11-23(2)19-6-4-5-7-19)25-10-8-18(17-25)16-24-12-14-26-15-13-24/h18-19H,3-17H2,1-2H3,(H,21,22). The van der Waals surface area contributed by atoms with Crippen LogP contribution in [0.25, 0.3) is 0 Å². The zero-order valence-corrected chi connectivity index (χ0v) is 17.0. The van der Waals surface area contributed by atoms with Crippen LogP contribution in [0.3, 0.4) is 0 Å². The van der Waals surface area contributed by atoms with Gasteiger partial charge in [-0.15, -0.1) is 0 Å². The molecular weight excluding hydrogens is 326 g/mol. The third kappa shape index (κ3) is 5.83. The zero-order valence-electron chi connectivity index (χ0n) is 17.0. The monoisotopic (exact) mass is 365 g/mol. The lowest BCUT2D eigenvalue weighted by Gasteiger charge is -2.29. The van der Waals surface area contributed by atoms with Crippen molar-refractivity contribution in [2.24, 2.45) is 10.9 Å². The molecule has 1 aliphatic carbocycles. The predicted octanol–water partition coefficient (Wildman–Crippen LogP) is 1.48. The topological polar surface area (TPSA) is 43.3 Å². The number of guanidine groups is 1. The van der Waals surface area contributed by atoms with Gasteiger partial charge in [-0.25, -0.2) is 0 Å². The number of hydrogen-bond donors (Lipinski definition) is 1. The molecule has 3 rings (SSSR count). The molecule has 0 bridgehead atoms. The van der Waals surface area contributed by atoms with Crippen LogP contribution in [0.5, 0.6) is 0 Å². The second-order valence-electron chi connectivity index (χ2n) is 8.17. The Balaban J connectivity index is 1.44. The lowest BCUT2D eigenvalue weighted by Crippen LogP contribution is -2.42. The molecule has 6 nitrogen and oxygen atoms in total. The molecule has 0 spiro atoms. The smallest absolute Gasteiger partial charge is 0.193 e. The summed E-state index contributed by atoms with van der Waals surface area (Å²) < 4.78 is 5.47. The first-order valence-corrected chi connectivity index (χ1v) is 10.8. The number of nitrogens with zero attached hydrogens (tertiary/aromatic N) is 4. The second-order valence-corrected chi connectivity index (χ2v) is 8.17. The summed E-state index contributed by atoms with van der Waals surface area (Å²) in [5.74, 6) is 1.88. The van der Waals surface area contributed by atoms with E-state index in [0.29, 0.717) is 0 Å². The molecule has 0 aromatic heterocycles. The summed E-state index contributed by atoms with van der Waals surface area (Å²) in [6.07, 6.45) is 6.83. The average molecular weight is 366 g/mol. The maximum Gasteiger partial charge on any atom is 0.193 e. The minimum atomic E-state index is 0.762. The second kappa shape index (κ2) is 10.5. The zero-order chi connectivity index (χ0) is 18.2. The number of likely N-dealkylation sites (N-methyl/N-ethyl adjacent to an activating group) is 1. The molecule has 0 amide bonds. The highest BCUT2D eigenvalue weighted by atomic mass is 16.5. The van der Waals surface area contributed by atoms with Gasteiger partial charge >= 0.3 is 0 Å². The molecule has 6 heteroatoms. The van der Waals surface area contributed by atoms with Crippen molar-refractivity contribution in [2.45, 2.75) is 45.1 Å². The Morgan fingerprint density at radius 3 is 2.65 bits per heavy atom. The SMILES string of the molecule is CCNC(=NCCN(C)C1CCCC1)N1CCC(CN2CCOCC2)C1. The molecule has 1 atom stereocenters. The lowest BCUT2D eigenvalue weighted by atomic mass is 10.1. The van der Waals surface area contributed by atoms with Crippen molar-refractivity contribution in [3.8, 4) is 0 Å². The van der Waals surface area contributed by atoms with Crippen molar-refractivity contribution < 1.29 is 4.74 Å². The van der Waals surface area contributed by atoms with Crippen LogP contribution in [-0.2, 0) is 4.74 Å². The van der Waals surface area contributed by atoms with Gasteiger partial charge in [0.15, 0.2) is 5.96 Å². The minimum absolute atomic E-state index is 0.762. The van der Waals surface area contributed by atoms with Crippen LogP contribution in [0, 0.1) is 5.92 Å². The molecule has 1 unspecified atom stereocenters. The molecule has 2 aliphatic heterocycles. The molecule has 1 saturated carbocycles. The van der Waals surface area contributed by atoms with Crippen molar-refractivity contribution in [3.63, 3.8) is 0 Å². The molecule has 0 aromatic carbocycles. The van der Waals surface area contributed by atoms with Crippen molar-refractivity contribution in [1.29, 1.82) is 0 Å². The third-order valence-corrected chi connectivity index (χ3v) is 6.20. The number of rotatable bonds is 7. The van der Waals surface area contributed by atoms with Gasteiger partial charge in [0.25, 0.3) is 0 Å². The molecule has 26 heavy (non-hydrogen) atoms. The number of nitrogens with one attached hydrogen (secondary N) is 1. The Kier molecular flexibility index (Phi) is 8.02. The largest absolute Gasteiger partial charge is 0.379 e. The van der Waals surface area contributed by atoms with Crippen LogP contribution in [0.1, 0.15) is 39.0 Å². The molecule has 0 radical (unpaired) electrons. The van der Waals surface area contributed by atoms with Crippen LogP contribution < -0.4 is 5.32 Å². The summed E-state index contributed by atoms with van der Waals surface area (Å²) in [6, 6.07) is 0.789. The first-order chi connectivity index (χ1) is 12.8. The van der Waals surface area contributed by atoms with Gasteiger partial charge in [-0.2, -0.15) is 0 Å². The predicted molar refractivity (Wildman–Crippen MR) is 108 cm³/mol. The highest BCUT2D eigenvalue weighted by Gasteiger charge is 2.27. The molecule has 150 valence electrons. The van der Waals surface area contributed by atoms with Crippen LogP contribution >= 0.6 is 0 Å². The van der Waals surface area contributed by atoms with Gasteiger partial charge in [0, 0.05) is 51.9 Å². The van der Waals surface area contributed by atoms with Crippen molar-refractivity contribution >= 4 is 5.96 Å². The van der Waals surface area contributed by atoms with E-state index in [2.05, 4.69) is 34.0 Å². The van der Waals surface area contributed by atoms with E-state index in [1.54, 1.807) is 0 Å².